The highest BCUT2D eigenvalue weighted by molar-refractivity contribution is 5.90. The lowest BCUT2D eigenvalue weighted by atomic mass is 10.0. The first-order chi connectivity index (χ1) is 12.7. The normalized spacial score (nSPS) is 14.1. The predicted octanol–water partition coefficient (Wildman–Crippen LogP) is 4.09. The third kappa shape index (κ3) is 2.41. The van der Waals surface area contributed by atoms with Crippen molar-refractivity contribution in [2.24, 2.45) is 0 Å². The van der Waals surface area contributed by atoms with Crippen LogP contribution in [-0.2, 0) is 24.2 Å². The van der Waals surface area contributed by atoms with Gasteiger partial charge in [-0.15, -0.1) is 0 Å². The highest BCUT2D eigenvalue weighted by Crippen LogP contribution is 2.29. The van der Waals surface area contributed by atoms with E-state index in [9.17, 15) is 4.79 Å². The molecule has 0 saturated carbocycles. The van der Waals surface area contributed by atoms with Crippen molar-refractivity contribution in [2.75, 3.05) is 6.54 Å². The lowest BCUT2D eigenvalue weighted by Crippen LogP contribution is -2.36. The Morgan fingerprint density at radius 2 is 2.00 bits per heavy atom. The molecule has 2 aromatic heterocycles. The van der Waals surface area contributed by atoms with Crippen LogP contribution in [0.3, 0.4) is 0 Å². The number of rotatable bonds is 2. The van der Waals surface area contributed by atoms with Crippen LogP contribution in [0.15, 0.2) is 48.7 Å². The molecule has 1 aliphatic rings. The second kappa shape index (κ2) is 5.77. The SMILES string of the molecule is Cc1ccc2[nH]c3c(c2c1)CN(C(=O)Cc1c[nH]c2ccccc12)CC3. The number of aryl methyl sites for hydroxylation is 1. The molecule has 3 heterocycles. The number of amides is 1. The van der Waals surface area contributed by atoms with Crippen LogP contribution in [0.4, 0.5) is 0 Å². The highest BCUT2D eigenvalue weighted by atomic mass is 16.2. The first kappa shape index (κ1) is 15.3. The summed E-state index contributed by atoms with van der Waals surface area (Å²) in [5.74, 6) is 0.197. The molecule has 0 saturated heterocycles. The van der Waals surface area contributed by atoms with Crippen LogP contribution in [0.1, 0.15) is 22.4 Å². The number of fused-ring (bicyclic) bond motifs is 4. The molecule has 0 unspecified atom stereocenters. The zero-order valence-electron chi connectivity index (χ0n) is 14.8. The summed E-state index contributed by atoms with van der Waals surface area (Å²) < 4.78 is 0. The molecule has 0 aliphatic carbocycles. The molecule has 2 N–H and O–H groups in total. The van der Waals surface area contributed by atoms with Crippen LogP contribution in [0.2, 0.25) is 0 Å². The van der Waals surface area contributed by atoms with Crippen molar-refractivity contribution in [3.05, 3.63) is 71.0 Å². The number of carbonyl (C=O) groups is 1. The first-order valence-corrected chi connectivity index (χ1v) is 9.12. The number of carbonyl (C=O) groups excluding carboxylic acids is 1. The van der Waals surface area contributed by atoms with E-state index in [-0.39, 0.29) is 5.91 Å². The summed E-state index contributed by atoms with van der Waals surface area (Å²) in [4.78, 5) is 21.7. The summed E-state index contributed by atoms with van der Waals surface area (Å²) in [6.45, 7) is 3.58. The van der Waals surface area contributed by atoms with E-state index in [0.717, 1.165) is 29.4 Å². The van der Waals surface area contributed by atoms with Crippen molar-refractivity contribution in [3.63, 3.8) is 0 Å². The fourth-order valence-corrected chi connectivity index (χ4v) is 4.09. The van der Waals surface area contributed by atoms with Crippen LogP contribution < -0.4 is 0 Å². The molecule has 0 radical (unpaired) electrons. The number of nitrogens with one attached hydrogen (secondary N) is 2. The monoisotopic (exact) mass is 343 g/mol. The van der Waals surface area contributed by atoms with Crippen LogP contribution in [-0.4, -0.2) is 27.3 Å². The van der Waals surface area contributed by atoms with E-state index < -0.39 is 0 Å². The molecule has 1 amide bonds. The Labute approximate surface area is 151 Å². The fourth-order valence-electron chi connectivity index (χ4n) is 4.09. The van der Waals surface area contributed by atoms with Crippen molar-refractivity contribution in [1.82, 2.24) is 14.9 Å². The highest BCUT2D eigenvalue weighted by Gasteiger charge is 2.24. The van der Waals surface area contributed by atoms with Gasteiger partial charge in [0.25, 0.3) is 0 Å². The number of H-pyrrole nitrogens is 2. The van der Waals surface area contributed by atoms with Gasteiger partial charge in [0.2, 0.25) is 5.91 Å². The van der Waals surface area contributed by atoms with Crippen molar-refractivity contribution in [1.29, 1.82) is 0 Å². The standard InChI is InChI=1S/C22H21N3O/c1-14-6-7-20-17(10-14)18-13-25(9-8-21(18)24-20)22(26)11-15-12-23-19-5-3-2-4-16(15)19/h2-7,10,12,23-24H,8-9,11,13H2,1H3. The molecule has 0 fully saturated rings. The van der Waals surface area contributed by atoms with E-state index in [1.807, 2.05) is 29.3 Å². The third-order valence-electron chi connectivity index (χ3n) is 5.50. The summed E-state index contributed by atoms with van der Waals surface area (Å²) in [7, 11) is 0. The van der Waals surface area contributed by atoms with Gasteiger partial charge in [0.15, 0.2) is 0 Å². The summed E-state index contributed by atoms with van der Waals surface area (Å²) >= 11 is 0. The fraction of sp³-hybridized carbons (Fsp3) is 0.227. The van der Waals surface area contributed by atoms with Gasteiger partial charge in [0, 0.05) is 58.8 Å². The number of nitrogens with zero attached hydrogens (tertiary/aromatic N) is 1. The molecule has 0 bridgehead atoms. The maximum atomic E-state index is 12.9. The Morgan fingerprint density at radius 1 is 1.12 bits per heavy atom. The molecular formula is C22H21N3O. The molecule has 5 rings (SSSR count). The van der Waals surface area contributed by atoms with E-state index in [0.29, 0.717) is 13.0 Å². The first-order valence-electron chi connectivity index (χ1n) is 9.12. The average molecular weight is 343 g/mol. The molecule has 26 heavy (non-hydrogen) atoms. The second-order valence-corrected chi connectivity index (χ2v) is 7.23. The summed E-state index contributed by atoms with van der Waals surface area (Å²) in [6, 6.07) is 14.6. The zero-order valence-corrected chi connectivity index (χ0v) is 14.8. The number of aromatic amines is 2. The van der Waals surface area contributed by atoms with Gasteiger partial charge in [-0.05, 0) is 30.7 Å². The number of benzene rings is 2. The van der Waals surface area contributed by atoms with Crippen LogP contribution in [0.5, 0.6) is 0 Å². The topological polar surface area (TPSA) is 51.9 Å². The molecule has 130 valence electrons. The molecule has 4 aromatic rings. The summed E-state index contributed by atoms with van der Waals surface area (Å²) in [5.41, 5.74) is 7.14. The van der Waals surface area contributed by atoms with Crippen LogP contribution in [0, 0.1) is 6.92 Å². The lowest BCUT2D eigenvalue weighted by Gasteiger charge is -2.27. The largest absolute Gasteiger partial charge is 0.361 e. The average Bonchev–Trinajstić information content (AvgIpc) is 3.22. The molecule has 1 aliphatic heterocycles. The molecular weight excluding hydrogens is 322 g/mol. The van der Waals surface area contributed by atoms with Gasteiger partial charge in [-0.1, -0.05) is 29.8 Å². The lowest BCUT2D eigenvalue weighted by molar-refractivity contribution is -0.131. The third-order valence-corrected chi connectivity index (χ3v) is 5.50. The number of hydrogen-bond donors (Lipinski definition) is 2. The Hall–Kier alpha value is -3.01. The zero-order chi connectivity index (χ0) is 17.7. The minimum atomic E-state index is 0.197. The number of hydrogen-bond acceptors (Lipinski definition) is 1. The quantitative estimate of drug-likeness (QED) is 0.566. The van der Waals surface area contributed by atoms with E-state index in [1.54, 1.807) is 0 Å². The maximum absolute atomic E-state index is 12.9. The maximum Gasteiger partial charge on any atom is 0.227 e. The molecule has 0 spiro atoms. The minimum absolute atomic E-state index is 0.197. The second-order valence-electron chi connectivity index (χ2n) is 7.23. The van der Waals surface area contributed by atoms with Crippen molar-refractivity contribution < 1.29 is 4.79 Å². The van der Waals surface area contributed by atoms with Crippen LogP contribution >= 0.6 is 0 Å². The minimum Gasteiger partial charge on any atom is -0.361 e. The van der Waals surface area contributed by atoms with Gasteiger partial charge < -0.3 is 14.9 Å². The predicted molar refractivity (Wildman–Crippen MR) is 104 cm³/mol. The summed E-state index contributed by atoms with van der Waals surface area (Å²) in [6.07, 6.45) is 3.30. The van der Waals surface area contributed by atoms with Gasteiger partial charge >= 0.3 is 0 Å². The molecule has 4 heteroatoms. The number of para-hydroxylation sites is 1. The van der Waals surface area contributed by atoms with Gasteiger partial charge in [0.05, 0.1) is 6.42 Å². The Kier molecular flexibility index (Phi) is 3.38. The molecule has 4 nitrogen and oxygen atoms in total. The van der Waals surface area contributed by atoms with E-state index in [2.05, 4.69) is 41.2 Å². The van der Waals surface area contributed by atoms with Gasteiger partial charge in [-0.3, -0.25) is 4.79 Å². The Bertz CT molecular complexity index is 1130. The molecule has 0 atom stereocenters. The van der Waals surface area contributed by atoms with Gasteiger partial charge in [0.1, 0.15) is 0 Å². The van der Waals surface area contributed by atoms with E-state index in [1.165, 1.54) is 27.7 Å². The van der Waals surface area contributed by atoms with Crippen molar-refractivity contribution >= 4 is 27.7 Å². The Balaban J connectivity index is 1.42. The smallest absolute Gasteiger partial charge is 0.227 e. The van der Waals surface area contributed by atoms with Crippen molar-refractivity contribution in [3.8, 4) is 0 Å². The molecule has 2 aromatic carbocycles. The van der Waals surface area contributed by atoms with E-state index in [4.69, 9.17) is 0 Å². The van der Waals surface area contributed by atoms with E-state index >= 15 is 0 Å². The van der Waals surface area contributed by atoms with Gasteiger partial charge in [-0.2, -0.15) is 0 Å². The summed E-state index contributed by atoms with van der Waals surface area (Å²) in [5, 5.41) is 2.39. The van der Waals surface area contributed by atoms with Crippen molar-refractivity contribution in [2.45, 2.75) is 26.3 Å². The van der Waals surface area contributed by atoms with Gasteiger partial charge in [-0.25, -0.2) is 0 Å². The number of aromatic nitrogens is 2. The Morgan fingerprint density at radius 3 is 2.92 bits per heavy atom. The van der Waals surface area contributed by atoms with Crippen LogP contribution in [0.25, 0.3) is 21.8 Å².